The Labute approximate surface area is 142 Å². The van der Waals surface area contributed by atoms with Gasteiger partial charge in [-0.05, 0) is 68.6 Å². The highest BCUT2D eigenvalue weighted by atomic mass is 19.1. The molecule has 24 heavy (non-hydrogen) atoms. The van der Waals surface area contributed by atoms with Gasteiger partial charge in [-0.1, -0.05) is 0 Å². The van der Waals surface area contributed by atoms with Gasteiger partial charge in [0.2, 0.25) is 0 Å². The Morgan fingerprint density at radius 2 is 2.04 bits per heavy atom. The summed E-state index contributed by atoms with van der Waals surface area (Å²) in [5.74, 6) is -0.359. The van der Waals surface area contributed by atoms with Crippen molar-refractivity contribution >= 4 is 5.97 Å². The number of benzene rings is 1. The van der Waals surface area contributed by atoms with E-state index in [0.29, 0.717) is 11.3 Å². The molecule has 0 unspecified atom stereocenters. The van der Waals surface area contributed by atoms with Crippen LogP contribution in [0, 0.1) is 11.2 Å². The number of carbonyl (C=O) groups is 1. The van der Waals surface area contributed by atoms with Crippen LogP contribution < -0.4 is 4.74 Å². The summed E-state index contributed by atoms with van der Waals surface area (Å²) in [7, 11) is 1.57. The third kappa shape index (κ3) is 3.56. The second kappa shape index (κ2) is 6.71. The summed E-state index contributed by atoms with van der Waals surface area (Å²) in [6.07, 6.45) is 7.07. The van der Waals surface area contributed by atoms with Gasteiger partial charge in [0.05, 0.1) is 19.3 Å². The third-order valence-corrected chi connectivity index (χ3v) is 5.80. The minimum atomic E-state index is -0.724. The fourth-order valence-electron chi connectivity index (χ4n) is 4.44. The number of carboxylic acids is 1. The second-order valence-electron chi connectivity index (χ2n) is 7.35. The fourth-order valence-corrected chi connectivity index (χ4v) is 4.44. The summed E-state index contributed by atoms with van der Waals surface area (Å²) in [6, 6.07) is 4.71. The van der Waals surface area contributed by atoms with Crippen LogP contribution in [-0.4, -0.2) is 23.8 Å². The number of carboxylic acid groups (broad SMARTS) is 1. The number of rotatable bonds is 8. The first-order chi connectivity index (χ1) is 11.5. The van der Waals surface area contributed by atoms with E-state index in [9.17, 15) is 9.18 Å². The molecule has 4 nitrogen and oxygen atoms in total. The topological polar surface area (TPSA) is 55.8 Å². The van der Waals surface area contributed by atoms with Crippen molar-refractivity contribution < 1.29 is 23.8 Å². The molecule has 0 aliphatic heterocycles. The molecule has 2 aliphatic rings. The SMILES string of the molecule is COc1ccc(F)c(COC23CCC(CCCC(=O)O)(CC2)C3)c1. The van der Waals surface area contributed by atoms with E-state index < -0.39 is 5.97 Å². The lowest BCUT2D eigenvalue weighted by Gasteiger charge is -2.28. The van der Waals surface area contributed by atoms with Crippen LogP contribution in [0.25, 0.3) is 0 Å². The smallest absolute Gasteiger partial charge is 0.303 e. The number of methoxy groups -OCH3 is 1. The molecule has 5 heteroatoms. The Bertz CT molecular complexity index is 605. The zero-order valence-electron chi connectivity index (χ0n) is 14.1. The molecule has 0 spiro atoms. The van der Waals surface area contributed by atoms with Gasteiger partial charge >= 0.3 is 5.97 Å². The Morgan fingerprint density at radius 3 is 2.71 bits per heavy atom. The minimum Gasteiger partial charge on any atom is -0.497 e. The van der Waals surface area contributed by atoms with E-state index in [1.165, 1.54) is 6.07 Å². The molecule has 2 saturated carbocycles. The number of fused-ring (bicyclic) bond motifs is 2. The molecule has 0 aromatic heterocycles. The monoisotopic (exact) mass is 336 g/mol. The molecule has 2 fully saturated rings. The molecule has 1 aromatic rings. The molecular formula is C19H25FO4. The highest BCUT2D eigenvalue weighted by Crippen LogP contribution is 2.60. The first-order valence-electron chi connectivity index (χ1n) is 8.64. The molecule has 0 atom stereocenters. The normalized spacial score (nSPS) is 28.2. The molecule has 0 amide bonds. The highest BCUT2D eigenvalue weighted by Gasteiger charge is 2.54. The third-order valence-electron chi connectivity index (χ3n) is 5.80. The summed E-state index contributed by atoms with van der Waals surface area (Å²) < 4.78 is 25.3. The maximum Gasteiger partial charge on any atom is 0.303 e. The Hall–Kier alpha value is -1.62. The largest absolute Gasteiger partial charge is 0.497 e. The summed E-state index contributed by atoms with van der Waals surface area (Å²) in [4.78, 5) is 10.7. The highest BCUT2D eigenvalue weighted by molar-refractivity contribution is 5.66. The van der Waals surface area contributed by atoms with E-state index in [4.69, 9.17) is 14.6 Å². The molecule has 2 bridgehead atoms. The van der Waals surface area contributed by atoms with Crippen LogP contribution in [0.4, 0.5) is 4.39 Å². The summed E-state index contributed by atoms with van der Waals surface area (Å²) in [5.41, 5.74) is 0.611. The standard InChI is InChI=1S/C19H25FO4/c1-23-15-4-5-16(20)14(11-15)12-24-19-9-7-18(13-19,8-10-19)6-2-3-17(21)22/h4-5,11H,2-3,6-10,12-13H2,1H3,(H,21,22). The van der Waals surface area contributed by atoms with Crippen molar-refractivity contribution in [2.24, 2.45) is 5.41 Å². The maximum atomic E-state index is 13.9. The second-order valence-corrected chi connectivity index (χ2v) is 7.35. The van der Waals surface area contributed by atoms with Gasteiger partial charge in [-0.2, -0.15) is 0 Å². The van der Waals surface area contributed by atoms with Crippen molar-refractivity contribution in [2.75, 3.05) is 7.11 Å². The van der Waals surface area contributed by atoms with Crippen molar-refractivity contribution in [3.8, 4) is 5.75 Å². The van der Waals surface area contributed by atoms with Crippen LogP contribution in [0.2, 0.25) is 0 Å². The van der Waals surface area contributed by atoms with Crippen molar-refractivity contribution in [1.29, 1.82) is 0 Å². The van der Waals surface area contributed by atoms with Gasteiger partial charge in [0.25, 0.3) is 0 Å². The first-order valence-corrected chi connectivity index (χ1v) is 8.64. The lowest BCUT2D eigenvalue weighted by molar-refractivity contribution is -0.137. The van der Waals surface area contributed by atoms with E-state index in [2.05, 4.69) is 0 Å². The van der Waals surface area contributed by atoms with E-state index in [1.807, 2.05) is 0 Å². The predicted molar refractivity (Wildman–Crippen MR) is 87.5 cm³/mol. The average Bonchev–Trinajstić information content (AvgIpc) is 3.10. The molecule has 0 saturated heterocycles. The maximum absolute atomic E-state index is 13.9. The van der Waals surface area contributed by atoms with Crippen molar-refractivity contribution in [1.82, 2.24) is 0 Å². The number of aliphatic carboxylic acids is 1. The molecule has 3 rings (SSSR count). The van der Waals surface area contributed by atoms with Crippen LogP contribution in [0.5, 0.6) is 5.75 Å². The van der Waals surface area contributed by atoms with Crippen LogP contribution >= 0.6 is 0 Å². The van der Waals surface area contributed by atoms with Crippen LogP contribution in [-0.2, 0) is 16.1 Å². The molecule has 1 aromatic carbocycles. The minimum absolute atomic E-state index is 0.154. The van der Waals surface area contributed by atoms with Gasteiger partial charge in [0, 0.05) is 12.0 Å². The molecule has 1 N–H and O–H groups in total. The van der Waals surface area contributed by atoms with E-state index in [-0.39, 0.29) is 29.9 Å². The molecule has 2 aliphatic carbocycles. The van der Waals surface area contributed by atoms with Crippen LogP contribution in [0.1, 0.15) is 56.9 Å². The average molecular weight is 336 g/mol. The zero-order chi connectivity index (χ0) is 17.2. The predicted octanol–water partition coefficient (Wildman–Crippen LogP) is 4.31. The van der Waals surface area contributed by atoms with Crippen molar-refractivity contribution in [2.45, 2.75) is 63.6 Å². The quantitative estimate of drug-likeness (QED) is 0.768. The van der Waals surface area contributed by atoms with Gasteiger partial charge in [-0.25, -0.2) is 4.39 Å². The van der Waals surface area contributed by atoms with Crippen molar-refractivity contribution in [3.63, 3.8) is 0 Å². The molecule has 0 radical (unpaired) electrons. The van der Waals surface area contributed by atoms with Gasteiger partial charge in [-0.15, -0.1) is 0 Å². The van der Waals surface area contributed by atoms with E-state index in [1.54, 1.807) is 19.2 Å². The molecular weight excluding hydrogens is 311 g/mol. The summed E-state index contributed by atoms with van der Waals surface area (Å²) in [5, 5.41) is 8.81. The zero-order valence-corrected chi connectivity index (χ0v) is 14.1. The number of hydrogen-bond donors (Lipinski definition) is 1. The first kappa shape index (κ1) is 17.2. The van der Waals surface area contributed by atoms with Gasteiger partial charge in [0.15, 0.2) is 0 Å². The Morgan fingerprint density at radius 1 is 1.29 bits per heavy atom. The lowest BCUT2D eigenvalue weighted by atomic mass is 9.80. The lowest BCUT2D eigenvalue weighted by Crippen LogP contribution is -2.26. The van der Waals surface area contributed by atoms with Crippen LogP contribution in [0.15, 0.2) is 18.2 Å². The van der Waals surface area contributed by atoms with E-state index in [0.717, 1.165) is 44.9 Å². The number of ether oxygens (including phenoxy) is 2. The van der Waals surface area contributed by atoms with E-state index >= 15 is 0 Å². The summed E-state index contributed by atoms with van der Waals surface area (Å²) >= 11 is 0. The van der Waals surface area contributed by atoms with Gasteiger partial charge < -0.3 is 14.6 Å². The summed E-state index contributed by atoms with van der Waals surface area (Å²) in [6.45, 7) is 0.258. The Kier molecular flexibility index (Phi) is 4.81. The van der Waals surface area contributed by atoms with Gasteiger partial charge in [-0.3, -0.25) is 4.79 Å². The number of hydrogen-bond acceptors (Lipinski definition) is 3. The van der Waals surface area contributed by atoms with Crippen LogP contribution in [0.3, 0.4) is 0 Å². The van der Waals surface area contributed by atoms with Gasteiger partial charge in [0.1, 0.15) is 11.6 Å². The molecule has 0 heterocycles. The fraction of sp³-hybridized carbons (Fsp3) is 0.632. The Balaban J connectivity index is 1.58. The van der Waals surface area contributed by atoms with Crippen molar-refractivity contribution in [3.05, 3.63) is 29.6 Å². The molecule has 132 valence electrons. The number of halogens is 1.